The number of carbonyl (C=O) groups is 4. The highest BCUT2D eigenvalue weighted by Gasteiger charge is 2.28. The second-order valence-electron chi connectivity index (χ2n) is 10.9. The number of fused-ring (bicyclic) bond motifs is 1. The fourth-order valence-electron chi connectivity index (χ4n) is 5.00. The Bertz CT molecular complexity index is 1610. The number of primary amides is 2. The minimum absolute atomic E-state index is 0.143. The summed E-state index contributed by atoms with van der Waals surface area (Å²) in [5.41, 5.74) is 14.6. The first-order valence-electron chi connectivity index (χ1n) is 15.2. The van der Waals surface area contributed by atoms with E-state index in [1.807, 2.05) is 97.1 Å². The predicted molar refractivity (Wildman–Crippen MR) is 176 cm³/mol. The predicted octanol–water partition coefficient (Wildman–Crippen LogP) is 4.32. The first-order valence-corrected chi connectivity index (χ1v) is 15.2. The summed E-state index contributed by atoms with van der Waals surface area (Å²) in [4.78, 5) is 50.9. The maximum Gasteiger partial charge on any atom is 0.407 e. The van der Waals surface area contributed by atoms with Crippen LogP contribution in [0.2, 0.25) is 0 Å². The molecule has 0 radical (unpaired) electrons. The second-order valence-corrected chi connectivity index (χ2v) is 10.9. The van der Waals surface area contributed by atoms with Crippen molar-refractivity contribution < 1.29 is 23.9 Å². The maximum absolute atomic E-state index is 13.6. The summed E-state index contributed by atoms with van der Waals surface area (Å²) in [7, 11) is 0. The third-order valence-electron chi connectivity index (χ3n) is 7.49. The van der Waals surface area contributed by atoms with E-state index >= 15 is 0 Å². The number of nitrogens with two attached hydrogens (primary N) is 2. The summed E-state index contributed by atoms with van der Waals surface area (Å²) >= 11 is 0. The fourth-order valence-corrected chi connectivity index (χ4v) is 5.00. The van der Waals surface area contributed by atoms with Crippen LogP contribution in [0.5, 0.6) is 0 Å². The van der Waals surface area contributed by atoms with Gasteiger partial charge in [-0.3, -0.25) is 4.79 Å². The Kier molecular flexibility index (Phi) is 12.3. The molecule has 4 aromatic carbocycles. The van der Waals surface area contributed by atoms with Gasteiger partial charge in [0.25, 0.3) is 0 Å². The third-order valence-corrected chi connectivity index (χ3v) is 7.49. The number of ether oxygens (including phenoxy) is 1. The molecule has 0 bridgehead atoms. The Morgan fingerprint density at radius 3 is 2.07 bits per heavy atom. The zero-order chi connectivity index (χ0) is 32.7. The molecule has 11 nitrogen and oxygen atoms in total. The van der Waals surface area contributed by atoms with E-state index in [2.05, 4.69) is 16.0 Å². The van der Waals surface area contributed by atoms with Crippen LogP contribution in [0.15, 0.2) is 97.1 Å². The van der Waals surface area contributed by atoms with Gasteiger partial charge in [-0.05, 0) is 58.4 Å². The Balaban J connectivity index is 1.38. The van der Waals surface area contributed by atoms with E-state index in [-0.39, 0.29) is 32.7 Å². The molecule has 0 spiro atoms. The number of nitrogens with one attached hydrogen (secondary N) is 3. The number of hydrogen-bond donors (Lipinski definition) is 5. The van der Waals surface area contributed by atoms with Crippen molar-refractivity contribution in [3.63, 3.8) is 0 Å². The molecule has 6 amide bonds. The highest BCUT2D eigenvalue weighted by Crippen LogP contribution is 2.16. The zero-order valence-corrected chi connectivity index (χ0v) is 25.6. The summed E-state index contributed by atoms with van der Waals surface area (Å²) in [5, 5.41) is 10.3. The highest BCUT2D eigenvalue weighted by molar-refractivity contribution is 5.86. The van der Waals surface area contributed by atoms with Gasteiger partial charge in [0, 0.05) is 26.2 Å². The number of carbonyl (C=O) groups excluding carboxylic acids is 4. The molecule has 7 N–H and O–H groups in total. The van der Waals surface area contributed by atoms with E-state index in [0.29, 0.717) is 19.4 Å². The zero-order valence-electron chi connectivity index (χ0n) is 25.6. The summed E-state index contributed by atoms with van der Waals surface area (Å²) in [6, 6.07) is 28.9. The molecule has 0 aliphatic heterocycles. The van der Waals surface area contributed by atoms with Gasteiger partial charge in [0.15, 0.2) is 0 Å². The number of hydrogen-bond acceptors (Lipinski definition) is 5. The lowest BCUT2D eigenvalue weighted by Gasteiger charge is -2.30. The summed E-state index contributed by atoms with van der Waals surface area (Å²) in [5.74, 6) is -0.639. The van der Waals surface area contributed by atoms with Crippen molar-refractivity contribution in [3.8, 4) is 0 Å². The summed E-state index contributed by atoms with van der Waals surface area (Å²) in [6.07, 6.45) is 0.527. The molecular weight excluding hydrogens is 584 g/mol. The van der Waals surface area contributed by atoms with Crippen LogP contribution in [0, 0.1) is 0 Å². The monoisotopic (exact) mass is 624 g/mol. The first kappa shape index (κ1) is 33.3. The van der Waals surface area contributed by atoms with E-state index in [1.54, 1.807) is 0 Å². The molecule has 0 unspecified atom stereocenters. The van der Waals surface area contributed by atoms with Crippen molar-refractivity contribution in [1.29, 1.82) is 0 Å². The SMILES string of the molecule is NC(=O)NCc1ccc(CCN(C(=O)NCc2ccc3ccccc3c2)[C@H](CCCNC(=O)OCc2ccccc2)C(N)=O)cc1. The normalized spacial score (nSPS) is 11.3. The highest BCUT2D eigenvalue weighted by atomic mass is 16.5. The Morgan fingerprint density at radius 1 is 0.696 bits per heavy atom. The molecule has 0 fully saturated rings. The Labute approximate surface area is 268 Å². The minimum Gasteiger partial charge on any atom is -0.445 e. The Morgan fingerprint density at radius 2 is 1.35 bits per heavy atom. The van der Waals surface area contributed by atoms with E-state index in [4.69, 9.17) is 16.2 Å². The lowest BCUT2D eigenvalue weighted by atomic mass is 10.1. The van der Waals surface area contributed by atoms with Crippen molar-refractivity contribution in [3.05, 3.63) is 119 Å². The molecule has 0 saturated heterocycles. The van der Waals surface area contributed by atoms with Crippen LogP contribution in [0.25, 0.3) is 10.8 Å². The maximum atomic E-state index is 13.6. The van der Waals surface area contributed by atoms with Crippen LogP contribution < -0.4 is 27.4 Å². The molecule has 4 aromatic rings. The minimum atomic E-state index is -0.905. The average Bonchev–Trinajstić information content (AvgIpc) is 3.07. The number of alkyl carbamates (subject to hydrolysis) is 1. The second kappa shape index (κ2) is 17.0. The molecule has 240 valence electrons. The third kappa shape index (κ3) is 10.5. The van der Waals surface area contributed by atoms with Crippen molar-refractivity contribution in [2.45, 2.75) is 45.0 Å². The van der Waals surface area contributed by atoms with Crippen LogP contribution in [-0.4, -0.2) is 48.1 Å². The van der Waals surface area contributed by atoms with Crippen molar-refractivity contribution >= 4 is 34.8 Å². The lowest BCUT2D eigenvalue weighted by molar-refractivity contribution is -0.122. The molecule has 11 heteroatoms. The van der Waals surface area contributed by atoms with Gasteiger partial charge in [-0.15, -0.1) is 0 Å². The molecule has 46 heavy (non-hydrogen) atoms. The number of urea groups is 2. The largest absolute Gasteiger partial charge is 0.445 e. The van der Waals surface area contributed by atoms with Crippen LogP contribution in [0.3, 0.4) is 0 Å². The molecule has 4 rings (SSSR count). The molecule has 0 aliphatic carbocycles. The van der Waals surface area contributed by atoms with Gasteiger partial charge >= 0.3 is 18.2 Å². The smallest absolute Gasteiger partial charge is 0.407 e. The lowest BCUT2D eigenvalue weighted by Crippen LogP contribution is -2.52. The van der Waals surface area contributed by atoms with E-state index in [0.717, 1.165) is 33.0 Å². The first-order chi connectivity index (χ1) is 22.3. The molecule has 0 aliphatic rings. The molecule has 0 aromatic heterocycles. The van der Waals surface area contributed by atoms with Gasteiger partial charge in [0.2, 0.25) is 5.91 Å². The molecule has 1 atom stereocenters. The van der Waals surface area contributed by atoms with Gasteiger partial charge in [-0.2, -0.15) is 0 Å². The van der Waals surface area contributed by atoms with Crippen LogP contribution >= 0.6 is 0 Å². The summed E-state index contributed by atoms with van der Waals surface area (Å²) < 4.78 is 5.25. The number of rotatable bonds is 15. The van der Waals surface area contributed by atoms with Crippen molar-refractivity contribution in [2.24, 2.45) is 11.5 Å². The quantitative estimate of drug-likeness (QED) is 0.124. The molecular formula is C35H40N6O5. The van der Waals surface area contributed by atoms with Gasteiger partial charge in [-0.1, -0.05) is 91.0 Å². The summed E-state index contributed by atoms with van der Waals surface area (Å²) in [6.45, 7) is 1.18. The van der Waals surface area contributed by atoms with Crippen LogP contribution in [0.4, 0.5) is 14.4 Å². The van der Waals surface area contributed by atoms with Gasteiger partial charge in [0.05, 0.1) is 0 Å². The van der Waals surface area contributed by atoms with E-state index < -0.39 is 30.1 Å². The number of nitrogens with zero attached hydrogens (tertiary/aromatic N) is 1. The molecule has 0 saturated carbocycles. The Hall–Kier alpha value is -5.58. The van der Waals surface area contributed by atoms with E-state index in [1.165, 1.54) is 4.90 Å². The van der Waals surface area contributed by atoms with Crippen molar-refractivity contribution in [2.75, 3.05) is 13.1 Å². The van der Waals surface area contributed by atoms with Crippen LogP contribution in [0.1, 0.15) is 35.1 Å². The van der Waals surface area contributed by atoms with Gasteiger partial charge < -0.3 is 37.1 Å². The van der Waals surface area contributed by atoms with Crippen molar-refractivity contribution in [1.82, 2.24) is 20.9 Å². The number of amides is 6. The van der Waals surface area contributed by atoms with Gasteiger partial charge in [0.1, 0.15) is 12.6 Å². The fraction of sp³-hybridized carbons (Fsp3) is 0.257. The topological polar surface area (TPSA) is 169 Å². The van der Waals surface area contributed by atoms with E-state index in [9.17, 15) is 19.2 Å². The average molecular weight is 625 g/mol. The standard InChI is InChI=1S/C35H40N6O5/c36-32(42)31(11-6-19-38-35(45)46-24-27-7-2-1-3-8-27)41(20-18-25-12-14-26(15-13-25)22-39-33(37)43)34(44)40-23-28-16-17-29-9-4-5-10-30(29)21-28/h1-5,7-10,12-17,21,31H,6,11,18-20,22-24H2,(H2,36,42)(H,38,45)(H,40,44)(H3,37,39,43)/t31-/m1/s1. The molecule has 0 heterocycles. The van der Waals surface area contributed by atoms with Crippen LogP contribution in [-0.2, 0) is 35.6 Å². The van der Waals surface area contributed by atoms with Gasteiger partial charge in [-0.25, -0.2) is 14.4 Å². The number of benzene rings is 4.